The van der Waals surface area contributed by atoms with Crippen LogP contribution in [-0.2, 0) is 11.3 Å². The Morgan fingerprint density at radius 2 is 1.79 bits per heavy atom. The molecule has 152 valence electrons. The Kier molecular flexibility index (Phi) is 7.04. The molecule has 0 aliphatic rings. The van der Waals surface area contributed by atoms with Crippen LogP contribution in [0.5, 0.6) is 0 Å². The molecule has 3 rings (SSSR count). The predicted molar refractivity (Wildman–Crippen MR) is 115 cm³/mol. The molecule has 29 heavy (non-hydrogen) atoms. The van der Waals surface area contributed by atoms with Gasteiger partial charge in [-0.1, -0.05) is 62.9 Å². The molecule has 0 aliphatic heterocycles. The number of hydrogen-bond acceptors (Lipinski definition) is 4. The van der Waals surface area contributed by atoms with Gasteiger partial charge >= 0.3 is 0 Å². The summed E-state index contributed by atoms with van der Waals surface area (Å²) in [7, 11) is 0. The van der Waals surface area contributed by atoms with Gasteiger partial charge in [-0.05, 0) is 36.6 Å². The topological polar surface area (TPSA) is 59.8 Å². The maximum absolute atomic E-state index is 14.3. The van der Waals surface area contributed by atoms with Crippen LogP contribution in [0.1, 0.15) is 27.2 Å². The van der Waals surface area contributed by atoms with E-state index in [1.165, 1.54) is 17.8 Å². The molecule has 7 heteroatoms. The van der Waals surface area contributed by atoms with E-state index in [4.69, 9.17) is 0 Å². The Labute approximate surface area is 174 Å². The minimum atomic E-state index is -0.338. The number of amides is 1. The van der Waals surface area contributed by atoms with Crippen LogP contribution in [0, 0.1) is 11.7 Å². The van der Waals surface area contributed by atoms with Crippen molar-refractivity contribution in [3.63, 3.8) is 0 Å². The molecule has 0 unspecified atom stereocenters. The first-order valence-corrected chi connectivity index (χ1v) is 10.6. The van der Waals surface area contributed by atoms with Gasteiger partial charge in [-0.3, -0.25) is 4.79 Å². The zero-order valence-electron chi connectivity index (χ0n) is 16.8. The van der Waals surface area contributed by atoms with Crippen molar-refractivity contribution in [1.82, 2.24) is 14.8 Å². The summed E-state index contributed by atoms with van der Waals surface area (Å²) < 4.78 is 16.3. The number of hydrogen-bond donors (Lipinski definition) is 1. The van der Waals surface area contributed by atoms with E-state index in [9.17, 15) is 9.18 Å². The van der Waals surface area contributed by atoms with Crippen molar-refractivity contribution in [2.24, 2.45) is 5.92 Å². The fraction of sp³-hybridized carbons (Fsp3) is 0.318. The molecule has 1 aromatic heterocycles. The Hall–Kier alpha value is -2.67. The standard InChI is InChI=1S/C22H25FN4OS/c1-4-19(21(28)24-16-10-6-5-7-11-16)29-22-26-25-20(27(22)14-15(2)3)17-12-8-9-13-18(17)23/h5-13,15,19H,4,14H2,1-3H3,(H,24,28)/t19-/m0/s1. The summed E-state index contributed by atoms with van der Waals surface area (Å²) in [5.74, 6) is 0.372. The molecule has 3 aromatic rings. The van der Waals surface area contributed by atoms with Gasteiger partial charge in [0.15, 0.2) is 11.0 Å². The second-order valence-electron chi connectivity index (χ2n) is 7.16. The van der Waals surface area contributed by atoms with Gasteiger partial charge in [0, 0.05) is 12.2 Å². The number of rotatable bonds is 8. The average Bonchev–Trinajstić information content (AvgIpc) is 3.08. The largest absolute Gasteiger partial charge is 0.325 e. The zero-order chi connectivity index (χ0) is 20.8. The van der Waals surface area contributed by atoms with Gasteiger partial charge < -0.3 is 9.88 Å². The van der Waals surface area contributed by atoms with Crippen molar-refractivity contribution in [2.45, 2.75) is 44.1 Å². The number of thioether (sulfide) groups is 1. The molecule has 0 fully saturated rings. The molecule has 0 aliphatic carbocycles. The Balaban J connectivity index is 1.87. The predicted octanol–water partition coefficient (Wildman–Crippen LogP) is 5.25. The first-order chi connectivity index (χ1) is 14.0. The summed E-state index contributed by atoms with van der Waals surface area (Å²) in [5.41, 5.74) is 1.17. The zero-order valence-corrected chi connectivity index (χ0v) is 17.6. The first kappa shape index (κ1) is 21.0. The van der Waals surface area contributed by atoms with Crippen LogP contribution < -0.4 is 5.32 Å². The monoisotopic (exact) mass is 412 g/mol. The average molecular weight is 413 g/mol. The van der Waals surface area contributed by atoms with Crippen molar-refractivity contribution in [3.05, 3.63) is 60.4 Å². The normalized spacial score (nSPS) is 12.2. The third-order valence-electron chi connectivity index (χ3n) is 4.33. The lowest BCUT2D eigenvalue weighted by Crippen LogP contribution is -2.25. The third-order valence-corrected chi connectivity index (χ3v) is 5.68. The highest BCUT2D eigenvalue weighted by Gasteiger charge is 2.24. The lowest BCUT2D eigenvalue weighted by atomic mass is 10.2. The molecule has 5 nitrogen and oxygen atoms in total. The van der Waals surface area contributed by atoms with Crippen LogP contribution >= 0.6 is 11.8 Å². The highest BCUT2D eigenvalue weighted by Crippen LogP contribution is 2.30. The van der Waals surface area contributed by atoms with E-state index in [0.717, 1.165) is 5.69 Å². The minimum absolute atomic E-state index is 0.0877. The van der Waals surface area contributed by atoms with E-state index in [0.29, 0.717) is 35.4 Å². The number of halogens is 1. The molecule has 0 spiro atoms. The molecule has 1 amide bonds. The van der Waals surface area contributed by atoms with Gasteiger partial charge in [0.2, 0.25) is 5.91 Å². The van der Waals surface area contributed by atoms with E-state index < -0.39 is 0 Å². The number of nitrogens with one attached hydrogen (secondary N) is 1. The summed E-state index contributed by atoms with van der Waals surface area (Å²) in [6.45, 7) is 6.76. The van der Waals surface area contributed by atoms with Gasteiger partial charge in [-0.25, -0.2) is 4.39 Å². The van der Waals surface area contributed by atoms with Gasteiger partial charge in [0.1, 0.15) is 5.82 Å². The second-order valence-corrected chi connectivity index (χ2v) is 8.33. The molecular weight excluding hydrogens is 387 g/mol. The van der Waals surface area contributed by atoms with Crippen molar-refractivity contribution in [1.29, 1.82) is 0 Å². The Morgan fingerprint density at radius 3 is 2.45 bits per heavy atom. The molecule has 2 aromatic carbocycles. The number of benzene rings is 2. The van der Waals surface area contributed by atoms with E-state index in [1.54, 1.807) is 18.2 Å². The number of carbonyl (C=O) groups is 1. The summed E-state index contributed by atoms with van der Waals surface area (Å²) in [6, 6.07) is 15.9. The SMILES string of the molecule is CC[C@H](Sc1nnc(-c2ccccc2F)n1CC(C)C)C(=O)Nc1ccccc1. The quantitative estimate of drug-likeness (QED) is 0.514. The van der Waals surface area contributed by atoms with Crippen LogP contribution in [-0.4, -0.2) is 25.9 Å². The smallest absolute Gasteiger partial charge is 0.237 e. The third kappa shape index (κ3) is 5.23. The molecule has 1 heterocycles. The van der Waals surface area contributed by atoms with E-state index in [1.807, 2.05) is 41.8 Å². The van der Waals surface area contributed by atoms with Crippen molar-refractivity contribution < 1.29 is 9.18 Å². The number of nitrogens with zero attached hydrogens (tertiary/aromatic N) is 3. The summed E-state index contributed by atoms with van der Waals surface area (Å²) >= 11 is 1.36. The lowest BCUT2D eigenvalue weighted by Gasteiger charge is -2.17. The maximum Gasteiger partial charge on any atom is 0.237 e. The fourth-order valence-corrected chi connectivity index (χ4v) is 3.90. The van der Waals surface area contributed by atoms with Crippen molar-refractivity contribution >= 4 is 23.4 Å². The molecular formula is C22H25FN4OS. The molecule has 1 atom stereocenters. The van der Waals surface area contributed by atoms with Crippen molar-refractivity contribution in [3.8, 4) is 11.4 Å². The molecule has 1 N–H and O–H groups in total. The molecule has 0 saturated heterocycles. The van der Waals surface area contributed by atoms with Gasteiger partial charge in [-0.15, -0.1) is 10.2 Å². The highest BCUT2D eigenvalue weighted by atomic mass is 32.2. The summed E-state index contributed by atoms with van der Waals surface area (Å²) in [4.78, 5) is 12.8. The van der Waals surface area contributed by atoms with E-state index in [-0.39, 0.29) is 17.0 Å². The van der Waals surface area contributed by atoms with Gasteiger partial charge in [0.05, 0.1) is 10.8 Å². The van der Waals surface area contributed by atoms with Crippen LogP contribution in [0.2, 0.25) is 0 Å². The van der Waals surface area contributed by atoms with E-state index >= 15 is 0 Å². The number of anilines is 1. The van der Waals surface area contributed by atoms with Gasteiger partial charge in [-0.2, -0.15) is 0 Å². The number of aromatic nitrogens is 3. The second kappa shape index (κ2) is 9.69. The first-order valence-electron chi connectivity index (χ1n) is 9.70. The van der Waals surface area contributed by atoms with E-state index in [2.05, 4.69) is 29.4 Å². The minimum Gasteiger partial charge on any atom is -0.325 e. The van der Waals surface area contributed by atoms with Gasteiger partial charge in [0.25, 0.3) is 0 Å². The van der Waals surface area contributed by atoms with Crippen molar-refractivity contribution in [2.75, 3.05) is 5.32 Å². The molecule has 0 radical (unpaired) electrons. The highest BCUT2D eigenvalue weighted by molar-refractivity contribution is 8.00. The Morgan fingerprint density at radius 1 is 1.10 bits per heavy atom. The number of carbonyl (C=O) groups excluding carboxylic acids is 1. The lowest BCUT2D eigenvalue weighted by molar-refractivity contribution is -0.115. The number of para-hydroxylation sites is 1. The molecule has 0 saturated carbocycles. The fourth-order valence-electron chi connectivity index (χ4n) is 2.94. The van der Waals surface area contributed by atoms with Crippen LogP contribution in [0.3, 0.4) is 0 Å². The Bertz CT molecular complexity index is 958. The summed E-state index contributed by atoms with van der Waals surface area (Å²) in [6.07, 6.45) is 0.632. The molecule has 0 bridgehead atoms. The maximum atomic E-state index is 14.3. The van der Waals surface area contributed by atoms with Crippen LogP contribution in [0.25, 0.3) is 11.4 Å². The summed E-state index contributed by atoms with van der Waals surface area (Å²) in [5, 5.41) is 11.8. The van der Waals surface area contributed by atoms with Crippen LogP contribution in [0.4, 0.5) is 10.1 Å². The van der Waals surface area contributed by atoms with Crippen LogP contribution in [0.15, 0.2) is 59.8 Å².